The van der Waals surface area contributed by atoms with Gasteiger partial charge in [-0.05, 0) is 52.1 Å². The monoisotopic (exact) mass is 261 g/mol. The molecular formula is C15H23N3O. The van der Waals surface area contributed by atoms with Gasteiger partial charge in [-0.3, -0.25) is 0 Å². The predicted octanol–water partition coefficient (Wildman–Crippen LogP) is 2.87. The van der Waals surface area contributed by atoms with Crippen LogP contribution in [0.1, 0.15) is 37.8 Å². The molecule has 0 saturated heterocycles. The highest BCUT2D eigenvalue weighted by Gasteiger charge is 2.23. The molecule has 1 aromatic heterocycles. The van der Waals surface area contributed by atoms with Crippen molar-refractivity contribution >= 4 is 11.1 Å². The van der Waals surface area contributed by atoms with Gasteiger partial charge in [0.1, 0.15) is 5.52 Å². The molecule has 0 fully saturated rings. The van der Waals surface area contributed by atoms with E-state index in [-0.39, 0.29) is 11.6 Å². The molecule has 0 aliphatic carbocycles. The number of hydrogen-bond acceptors (Lipinski definition) is 4. The van der Waals surface area contributed by atoms with Crippen LogP contribution in [-0.2, 0) is 0 Å². The first-order valence-corrected chi connectivity index (χ1v) is 6.59. The summed E-state index contributed by atoms with van der Waals surface area (Å²) in [6.45, 7) is 5.98. The van der Waals surface area contributed by atoms with Crippen molar-refractivity contribution in [3.63, 3.8) is 0 Å². The predicted molar refractivity (Wildman–Crippen MR) is 78.1 cm³/mol. The molecule has 4 nitrogen and oxygen atoms in total. The average Bonchev–Trinajstić information content (AvgIpc) is 2.63. The van der Waals surface area contributed by atoms with E-state index in [1.807, 2.05) is 13.0 Å². The average molecular weight is 261 g/mol. The molecule has 0 saturated carbocycles. The van der Waals surface area contributed by atoms with Gasteiger partial charge in [-0.15, -0.1) is 0 Å². The van der Waals surface area contributed by atoms with Crippen molar-refractivity contribution in [2.45, 2.75) is 38.8 Å². The SMILES string of the molecule is Cc1nc2ccc(C(CC(C)(C)N)N(C)C)cc2o1. The van der Waals surface area contributed by atoms with E-state index in [2.05, 4.69) is 50.0 Å². The fourth-order valence-electron chi connectivity index (χ4n) is 2.36. The van der Waals surface area contributed by atoms with E-state index >= 15 is 0 Å². The largest absolute Gasteiger partial charge is 0.441 e. The number of nitrogens with two attached hydrogens (primary N) is 1. The van der Waals surface area contributed by atoms with Crippen LogP contribution in [-0.4, -0.2) is 29.5 Å². The van der Waals surface area contributed by atoms with Crippen LogP contribution in [0.5, 0.6) is 0 Å². The zero-order valence-electron chi connectivity index (χ0n) is 12.4. The molecule has 2 aromatic rings. The van der Waals surface area contributed by atoms with E-state index < -0.39 is 0 Å². The summed E-state index contributed by atoms with van der Waals surface area (Å²) < 4.78 is 5.61. The molecule has 0 bridgehead atoms. The Balaban J connectivity index is 2.38. The van der Waals surface area contributed by atoms with Crippen LogP contribution >= 0.6 is 0 Å². The van der Waals surface area contributed by atoms with E-state index in [0.717, 1.165) is 17.5 Å². The number of aromatic nitrogens is 1. The topological polar surface area (TPSA) is 55.3 Å². The van der Waals surface area contributed by atoms with E-state index in [9.17, 15) is 0 Å². The Morgan fingerprint density at radius 1 is 1.37 bits per heavy atom. The molecule has 1 unspecified atom stereocenters. The van der Waals surface area contributed by atoms with Gasteiger partial charge in [0.05, 0.1) is 0 Å². The van der Waals surface area contributed by atoms with Gasteiger partial charge in [-0.25, -0.2) is 4.98 Å². The maximum absolute atomic E-state index is 6.17. The fraction of sp³-hybridized carbons (Fsp3) is 0.533. The first-order valence-electron chi connectivity index (χ1n) is 6.59. The first kappa shape index (κ1) is 14.0. The van der Waals surface area contributed by atoms with Crippen molar-refractivity contribution in [1.82, 2.24) is 9.88 Å². The van der Waals surface area contributed by atoms with Gasteiger partial charge in [0.2, 0.25) is 0 Å². The second-order valence-electron chi connectivity index (χ2n) is 6.13. The van der Waals surface area contributed by atoms with Gasteiger partial charge in [-0.2, -0.15) is 0 Å². The Bertz CT molecular complexity index is 566. The highest BCUT2D eigenvalue weighted by molar-refractivity contribution is 5.73. The summed E-state index contributed by atoms with van der Waals surface area (Å²) in [6, 6.07) is 6.47. The zero-order valence-corrected chi connectivity index (χ0v) is 12.4. The molecule has 4 heteroatoms. The maximum atomic E-state index is 6.17. The number of rotatable bonds is 4. The minimum absolute atomic E-state index is 0.207. The van der Waals surface area contributed by atoms with E-state index in [1.165, 1.54) is 5.56 Å². The molecule has 0 aliphatic rings. The van der Waals surface area contributed by atoms with Crippen LogP contribution in [0, 0.1) is 6.92 Å². The Kier molecular flexibility index (Phi) is 3.65. The van der Waals surface area contributed by atoms with Gasteiger partial charge < -0.3 is 15.1 Å². The molecule has 1 atom stereocenters. The highest BCUT2D eigenvalue weighted by Crippen LogP contribution is 2.29. The van der Waals surface area contributed by atoms with Crippen molar-refractivity contribution in [1.29, 1.82) is 0 Å². The number of oxazole rings is 1. The van der Waals surface area contributed by atoms with Crippen LogP contribution in [0.25, 0.3) is 11.1 Å². The summed E-state index contributed by atoms with van der Waals surface area (Å²) >= 11 is 0. The normalized spacial score (nSPS) is 14.3. The van der Waals surface area contributed by atoms with Gasteiger partial charge >= 0.3 is 0 Å². The minimum Gasteiger partial charge on any atom is -0.441 e. The van der Waals surface area contributed by atoms with Crippen molar-refractivity contribution in [3.8, 4) is 0 Å². The molecule has 0 amide bonds. The van der Waals surface area contributed by atoms with E-state index in [0.29, 0.717) is 5.89 Å². The lowest BCUT2D eigenvalue weighted by atomic mass is 9.91. The summed E-state index contributed by atoms with van der Waals surface area (Å²) in [4.78, 5) is 6.52. The summed E-state index contributed by atoms with van der Waals surface area (Å²) in [5.41, 5.74) is 8.93. The third kappa shape index (κ3) is 3.33. The summed E-state index contributed by atoms with van der Waals surface area (Å²) in [6.07, 6.45) is 0.888. The molecule has 0 radical (unpaired) electrons. The number of aryl methyl sites for hydroxylation is 1. The molecular weight excluding hydrogens is 238 g/mol. The molecule has 0 aliphatic heterocycles. The number of benzene rings is 1. The Morgan fingerprint density at radius 2 is 2.05 bits per heavy atom. The molecule has 19 heavy (non-hydrogen) atoms. The molecule has 104 valence electrons. The van der Waals surface area contributed by atoms with E-state index in [1.54, 1.807) is 0 Å². The highest BCUT2D eigenvalue weighted by atomic mass is 16.3. The van der Waals surface area contributed by atoms with Crippen LogP contribution in [0.4, 0.5) is 0 Å². The van der Waals surface area contributed by atoms with Crippen molar-refractivity contribution in [2.24, 2.45) is 5.73 Å². The van der Waals surface area contributed by atoms with Crippen molar-refractivity contribution in [2.75, 3.05) is 14.1 Å². The zero-order chi connectivity index (χ0) is 14.2. The third-order valence-corrected chi connectivity index (χ3v) is 3.25. The van der Waals surface area contributed by atoms with Crippen LogP contribution in [0.3, 0.4) is 0 Å². The molecule has 2 N–H and O–H groups in total. The lowest BCUT2D eigenvalue weighted by molar-refractivity contribution is 0.243. The lowest BCUT2D eigenvalue weighted by Gasteiger charge is -2.31. The van der Waals surface area contributed by atoms with E-state index in [4.69, 9.17) is 10.2 Å². The third-order valence-electron chi connectivity index (χ3n) is 3.25. The number of hydrogen-bond donors (Lipinski definition) is 1. The molecule has 1 aromatic carbocycles. The second-order valence-corrected chi connectivity index (χ2v) is 6.13. The van der Waals surface area contributed by atoms with Crippen LogP contribution in [0.2, 0.25) is 0 Å². The maximum Gasteiger partial charge on any atom is 0.192 e. The smallest absolute Gasteiger partial charge is 0.192 e. The van der Waals surface area contributed by atoms with Gasteiger partial charge in [-0.1, -0.05) is 6.07 Å². The summed E-state index contributed by atoms with van der Waals surface area (Å²) in [7, 11) is 4.15. The van der Waals surface area contributed by atoms with Gasteiger partial charge in [0, 0.05) is 18.5 Å². The Hall–Kier alpha value is -1.39. The minimum atomic E-state index is -0.207. The summed E-state index contributed by atoms with van der Waals surface area (Å²) in [5, 5.41) is 0. The Labute approximate surface area is 114 Å². The molecule has 0 spiro atoms. The first-order chi connectivity index (χ1) is 8.76. The molecule has 2 rings (SSSR count). The standard InChI is InChI=1S/C15H23N3O/c1-10-17-12-7-6-11(8-14(12)19-10)13(18(4)5)9-15(2,3)16/h6-8,13H,9,16H2,1-5H3. The van der Waals surface area contributed by atoms with Crippen molar-refractivity contribution in [3.05, 3.63) is 29.7 Å². The van der Waals surface area contributed by atoms with Crippen LogP contribution < -0.4 is 5.73 Å². The number of fused-ring (bicyclic) bond motifs is 1. The quantitative estimate of drug-likeness (QED) is 0.919. The van der Waals surface area contributed by atoms with Gasteiger partial charge in [0.15, 0.2) is 11.5 Å². The fourth-order valence-corrected chi connectivity index (χ4v) is 2.36. The van der Waals surface area contributed by atoms with Crippen molar-refractivity contribution < 1.29 is 4.42 Å². The summed E-state index contributed by atoms with van der Waals surface area (Å²) in [5.74, 6) is 0.702. The van der Waals surface area contributed by atoms with Crippen LogP contribution in [0.15, 0.2) is 22.6 Å². The van der Waals surface area contributed by atoms with Gasteiger partial charge in [0.25, 0.3) is 0 Å². The Morgan fingerprint density at radius 3 is 2.63 bits per heavy atom. The lowest BCUT2D eigenvalue weighted by Crippen LogP contribution is -2.37. The second kappa shape index (κ2) is 4.94. The molecule has 1 heterocycles. The number of nitrogens with zero attached hydrogens (tertiary/aromatic N) is 2.